The summed E-state index contributed by atoms with van der Waals surface area (Å²) in [6.07, 6.45) is 3.59. The van der Waals surface area contributed by atoms with E-state index in [1.807, 2.05) is 12.1 Å². The molecule has 1 rings (SSSR count). The van der Waals surface area contributed by atoms with Gasteiger partial charge in [-0.1, -0.05) is 25.5 Å². The van der Waals surface area contributed by atoms with Gasteiger partial charge in [0.1, 0.15) is 12.4 Å². The first-order chi connectivity index (χ1) is 6.86. The molecule has 0 aliphatic carbocycles. The Hall–Kier alpha value is -1.02. The second-order valence-electron chi connectivity index (χ2n) is 3.32. The van der Waals surface area contributed by atoms with E-state index in [0.29, 0.717) is 6.61 Å². The highest BCUT2D eigenvalue weighted by molar-refractivity contribution is 5.27. The number of rotatable bonds is 6. The minimum Gasteiger partial charge on any atom is -0.491 e. The quantitative estimate of drug-likeness (QED) is 0.753. The van der Waals surface area contributed by atoms with Crippen LogP contribution in [-0.2, 0) is 6.42 Å². The summed E-state index contributed by atoms with van der Waals surface area (Å²) >= 11 is 0. The first-order valence-electron chi connectivity index (χ1n) is 5.19. The van der Waals surface area contributed by atoms with Gasteiger partial charge in [-0.05, 0) is 30.5 Å². The fraction of sp³-hybridized carbons (Fsp3) is 0.500. The first-order valence-corrected chi connectivity index (χ1v) is 5.19. The minimum absolute atomic E-state index is 0.0670. The third kappa shape index (κ3) is 3.79. The zero-order valence-corrected chi connectivity index (χ0v) is 8.70. The molecule has 0 heterocycles. The van der Waals surface area contributed by atoms with Crippen molar-refractivity contribution in [2.24, 2.45) is 0 Å². The molecule has 1 aromatic rings. The minimum atomic E-state index is 0.0670. The van der Waals surface area contributed by atoms with Gasteiger partial charge in [-0.15, -0.1) is 0 Å². The molecule has 0 unspecified atom stereocenters. The Morgan fingerprint density at radius 3 is 2.50 bits per heavy atom. The van der Waals surface area contributed by atoms with Crippen LogP contribution >= 0.6 is 0 Å². The molecule has 0 aliphatic heterocycles. The Morgan fingerprint density at radius 1 is 1.21 bits per heavy atom. The molecule has 0 fully saturated rings. The number of unbranched alkanes of at least 4 members (excludes halogenated alkanes) is 1. The number of benzene rings is 1. The van der Waals surface area contributed by atoms with E-state index in [2.05, 4.69) is 19.1 Å². The average molecular weight is 194 g/mol. The van der Waals surface area contributed by atoms with Crippen LogP contribution in [0.15, 0.2) is 24.3 Å². The standard InChI is InChI=1S/C12H18O2/c1-2-3-4-11-5-7-12(8-6-11)14-10-9-13/h5-8,13H,2-4,9-10H2,1H3. The highest BCUT2D eigenvalue weighted by Crippen LogP contribution is 2.13. The van der Waals surface area contributed by atoms with Crippen LogP contribution in [0.4, 0.5) is 0 Å². The maximum absolute atomic E-state index is 8.57. The Balaban J connectivity index is 2.42. The highest BCUT2D eigenvalue weighted by atomic mass is 16.5. The fourth-order valence-electron chi connectivity index (χ4n) is 1.30. The Kier molecular flexibility index (Phi) is 5.08. The molecule has 0 saturated carbocycles. The molecule has 0 atom stereocenters. The van der Waals surface area contributed by atoms with E-state index in [9.17, 15) is 0 Å². The van der Waals surface area contributed by atoms with Crippen LogP contribution in [-0.4, -0.2) is 18.3 Å². The van der Waals surface area contributed by atoms with E-state index in [-0.39, 0.29) is 6.61 Å². The monoisotopic (exact) mass is 194 g/mol. The lowest BCUT2D eigenvalue weighted by atomic mass is 10.1. The van der Waals surface area contributed by atoms with Crippen LogP contribution in [0.3, 0.4) is 0 Å². The van der Waals surface area contributed by atoms with Crippen molar-refractivity contribution in [1.29, 1.82) is 0 Å². The normalized spacial score (nSPS) is 10.1. The van der Waals surface area contributed by atoms with Gasteiger partial charge in [0, 0.05) is 0 Å². The van der Waals surface area contributed by atoms with Crippen molar-refractivity contribution in [3.63, 3.8) is 0 Å². The molecule has 1 aromatic carbocycles. The molecule has 0 radical (unpaired) electrons. The summed E-state index contributed by atoms with van der Waals surface area (Å²) in [5.41, 5.74) is 1.35. The van der Waals surface area contributed by atoms with Crippen LogP contribution < -0.4 is 4.74 Å². The molecule has 1 N–H and O–H groups in total. The van der Waals surface area contributed by atoms with Gasteiger partial charge in [0.2, 0.25) is 0 Å². The van der Waals surface area contributed by atoms with Crippen molar-refractivity contribution in [2.75, 3.05) is 13.2 Å². The molecule has 2 heteroatoms. The number of ether oxygens (including phenoxy) is 1. The van der Waals surface area contributed by atoms with Gasteiger partial charge in [0.25, 0.3) is 0 Å². The lowest BCUT2D eigenvalue weighted by Crippen LogP contribution is -2.01. The number of hydrogen-bond acceptors (Lipinski definition) is 2. The zero-order chi connectivity index (χ0) is 10.2. The second-order valence-corrected chi connectivity index (χ2v) is 3.32. The van der Waals surface area contributed by atoms with Crippen LogP contribution in [0, 0.1) is 0 Å². The average Bonchev–Trinajstić information content (AvgIpc) is 2.25. The van der Waals surface area contributed by atoms with Gasteiger partial charge < -0.3 is 9.84 Å². The summed E-state index contributed by atoms with van der Waals surface area (Å²) in [6, 6.07) is 8.09. The van der Waals surface area contributed by atoms with E-state index in [1.165, 1.54) is 18.4 Å². The summed E-state index contributed by atoms with van der Waals surface area (Å²) in [5.74, 6) is 0.833. The fourth-order valence-corrected chi connectivity index (χ4v) is 1.30. The highest BCUT2D eigenvalue weighted by Gasteiger charge is 1.94. The third-order valence-electron chi connectivity index (χ3n) is 2.10. The molecule has 0 bridgehead atoms. The zero-order valence-electron chi connectivity index (χ0n) is 8.70. The molecule has 0 spiro atoms. The van der Waals surface area contributed by atoms with Crippen molar-refractivity contribution in [3.05, 3.63) is 29.8 Å². The predicted octanol–water partition coefficient (Wildman–Crippen LogP) is 2.40. The molecule has 14 heavy (non-hydrogen) atoms. The lowest BCUT2D eigenvalue weighted by Gasteiger charge is -2.05. The SMILES string of the molecule is CCCCc1ccc(OCCO)cc1. The number of aliphatic hydroxyl groups is 1. The predicted molar refractivity (Wildman–Crippen MR) is 57.6 cm³/mol. The van der Waals surface area contributed by atoms with E-state index in [1.54, 1.807) is 0 Å². The van der Waals surface area contributed by atoms with Gasteiger partial charge in [-0.25, -0.2) is 0 Å². The molecule has 2 nitrogen and oxygen atoms in total. The van der Waals surface area contributed by atoms with Crippen LogP contribution in [0.25, 0.3) is 0 Å². The number of aryl methyl sites for hydroxylation is 1. The summed E-state index contributed by atoms with van der Waals surface area (Å²) in [5, 5.41) is 8.57. The van der Waals surface area contributed by atoms with Gasteiger partial charge in [-0.3, -0.25) is 0 Å². The van der Waals surface area contributed by atoms with Crippen molar-refractivity contribution < 1.29 is 9.84 Å². The summed E-state index contributed by atoms with van der Waals surface area (Å²) in [6.45, 7) is 2.63. The largest absolute Gasteiger partial charge is 0.491 e. The third-order valence-corrected chi connectivity index (χ3v) is 2.10. The maximum Gasteiger partial charge on any atom is 0.119 e. The van der Waals surface area contributed by atoms with E-state index < -0.39 is 0 Å². The van der Waals surface area contributed by atoms with Crippen LogP contribution in [0.1, 0.15) is 25.3 Å². The van der Waals surface area contributed by atoms with Gasteiger partial charge >= 0.3 is 0 Å². The van der Waals surface area contributed by atoms with Crippen LogP contribution in [0.5, 0.6) is 5.75 Å². The van der Waals surface area contributed by atoms with Crippen molar-refractivity contribution in [3.8, 4) is 5.75 Å². The van der Waals surface area contributed by atoms with Crippen molar-refractivity contribution >= 4 is 0 Å². The van der Waals surface area contributed by atoms with Crippen molar-refractivity contribution in [2.45, 2.75) is 26.2 Å². The van der Waals surface area contributed by atoms with Gasteiger partial charge in [0.15, 0.2) is 0 Å². The topological polar surface area (TPSA) is 29.5 Å². The Labute approximate surface area is 85.5 Å². The maximum atomic E-state index is 8.57. The molecule has 0 amide bonds. The summed E-state index contributed by atoms with van der Waals surface area (Å²) in [7, 11) is 0. The molecular formula is C12H18O2. The summed E-state index contributed by atoms with van der Waals surface area (Å²) < 4.78 is 5.26. The second kappa shape index (κ2) is 6.44. The van der Waals surface area contributed by atoms with E-state index in [4.69, 9.17) is 9.84 Å². The first kappa shape index (κ1) is 11.1. The molecule has 0 saturated heterocycles. The molecule has 0 aromatic heterocycles. The van der Waals surface area contributed by atoms with Crippen LogP contribution in [0.2, 0.25) is 0 Å². The molecule has 78 valence electrons. The lowest BCUT2D eigenvalue weighted by molar-refractivity contribution is 0.201. The number of aliphatic hydroxyl groups excluding tert-OH is 1. The Bertz CT molecular complexity index is 214. The molecule has 0 aliphatic rings. The van der Waals surface area contributed by atoms with Gasteiger partial charge in [-0.2, -0.15) is 0 Å². The van der Waals surface area contributed by atoms with E-state index >= 15 is 0 Å². The summed E-state index contributed by atoms with van der Waals surface area (Å²) in [4.78, 5) is 0. The Morgan fingerprint density at radius 2 is 1.93 bits per heavy atom. The van der Waals surface area contributed by atoms with E-state index in [0.717, 1.165) is 12.2 Å². The smallest absolute Gasteiger partial charge is 0.119 e. The number of hydrogen-bond donors (Lipinski definition) is 1. The van der Waals surface area contributed by atoms with Gasteiger partial charge in [0.05, 0.1) is 6.61 Å². The van der Waals surface area contributed by atoms with Crippen molar-refractivity contribution in [1.82, 2.24) is 0 Å². The molecular weight excluding hydrogens is 176 g/mol.